The van der Waals surface area contributed by atoms with Crippen molar-refractivity contribution in [2.75, 3.05) is 17.9 Å². The summed E-state index contributed by atoms with van der Waals surface area (Å²) in [6.45, 7) is 0.968. The van der Waals surface area contributed by atoms with Gasteiger partial charge in [-0.15, -0.1) is 0 Å². The Bertz CT molecular complexity index is 1650. The fraction of sp³-hybridized carbons (Fsp3) is 0.188. The van der Waals surface area contributed by atoms with Crippen LogP contribution in [0.4, 0.5) is 10.1 Å². The predicted molar refractivity (Wildman–Crippen MR) is 162 cm³/mol. The van der Waals surface area contributed by atoms with Gasteiger partial charge in [-0.2, -0.15) is 0 Å². The molecule has 1 N–H and O–H groups in total. The maximum Gasteiger partial charge on any atom is 0.264 e. The summed E-state index contributed by atoms with van der Waals surface area (Å²) >= 11 is 6.44. The number of benzene rings is 4. The lowest BCUT2D eigenvalue weighted by atomic mass is 10.0. The van der Waals surface area contributed by atoms with Gasteiger partial charge in [0.25, 0.3) is 10.0 Å². The number of sulfonamides is 1. The highest BCUT2D eigenvalue weighted by Gasteiger charge is 2.35. The lowest BCUT2D eigenvalue weighted by Gasteiger charge is -2.33. The molecule has 4 aromatic carbocycles. The summed E-state index contributed by atoms with van der Waals surface area (Å²) in [6.07, 6.45) is 0.154. The van der Waals surface area contributed by atoms with Gasteiger partial charge in [0.2, 0.25) is 11.8 Å². The van der Waals surface area contributed by atoms with Crippen molar-refractivity contribution in [1.82, 2.24) is 10.2 Å². The van der Waals surface area contributed by atoms with Crippen LogP contribution in [0.3, 0.4) is 0 Å². The number of rotatable bonds is 11. The van der Waals surface area contributed by atoms with E-state index in [2.05, 4.69) is 5.32 Å². The third-order valence-corrected chi connectivity index (χ3v) is 8.97. The van der Waals surface area contributed by atoms with E-state index in [-0.39, 0.29) is 23.5 Å². The van der Waals surface area contributed by atoms with Gasteiger partial charge in [0, 0.05) is 25.0 Å². The van der Waals surface area contributed by atoms with Crippen molar-refractivity contribution >= 4 is 39.1 Å². The first-order chi connectivity index (χ1) is 20.1. The van der Waals surface area contributed by atoms with E-state index in [1.54, 1.807) is 36.4 Å². The molecule has 0 spiro atoms. The van der Waals surface area contributed by atoms with Crippen molar-refractivity contribution in [2.24, 2.45) is 0 Å². The summed E-state index contributed by atoms with van der Waals surface area (Å²) in [5, 5.41) is 3.00. The molecule has 0 radical (unpaired) electrons. The first-order valence-electron chi connectivity index (χ1n) is 13.2. The lowest BCUT2D eigenvalue weighted by Crippen LogP contribution is -2.53. The van der Waals surface area contributed by atoms with E-state index in [9.17, 15) is 18.0 Å². The molecule has 4 aromatic rings. The van der Waals surface area contributed by atoms with Crippen LogP contribution in [0.1, 0.15) is 16.7 Å². The van der Waals surface area contributed by atoms with Crippen molar-refractivity contribution < 1.29 is 22.4 Å². The third kappa shape index (κ3) is 7.16. The number of para-hydroxylation sites is 1. The topological polar surface area (TPSA) is 86.8 Å². The summed E-state index contributed by atoms with van der Waals surface area (Å²) in [5.74, 6) is -1.97. The SMILES string of the molecule is CNC(=O)[C@H](Cc1ccccc1)N(Cc1ccccc1Cl)C(=O)CN(c1ccccc1F)S(=O)(=O)c1ccc(C)cc1. The fourth-order valence-corrected chi connectivity index (χ4v) is 6.15. The lowest BCUT2D eigenvalue weighted by molar-refractivity contribution is -0.139. The molecule has 0 aliphatic carbocycles. The molecule has 0 fully saturated rings. The molecule has 2 amide bonds. The summed E-state index contributed by atoms with van der Waals surface area (Å²) in [6, 6.07) is 26.4. The Labute approximate surface area is 250 Å². The van der Waals surface area contributed by atoms with E-state index in [1.165, 1.54) is 42.3 Å². The number of halogens is 2. The number of hydrogen-bond acceptors (Lipinski definition) is 4. The number of likely N-dealkylation sites (N-methyl/N-ethyl adjacent to an activating group) is 1. The van der Waals surface area contributed by atoms with E-state index >= 15 is 4.39 Å². The molecule has 0 saturated carbocycles. The van der Waals surface area contributed by atoms with Gasteiger partial charge in [0.05, 0.1) is 10.6 Å². The second-order valence-corrected chi connectivity index (χ2v) is 12.0. The molecule has 218 valence electrons. The van der Waals surface area contributed by atoms with Gasteiger partial charge in [0.1, 0.15) is 18.4 Å². The molecule has 10 heteroatoms. The van der Waals surface area contributed by atoms with Gasteiger partial charge in [-0.1, -0.05) is 90.0 Å². The minimum Gasteiger partial charge on any atom is -0.357 e. The number of amides is 2. The zero-order valence-electron chi connectivity index (χ0n) is 23.2. The molecule has 0 unspecified atom stereocenters. The van der Waals surface area contributed by atoms with Crippen LogP contribution in [-0.4, -0.2) is 44.8 Å². The van der Waals surface area contributed by atoms with Crippen molar-refractivity contribution in [3.63, 3.8) is 0 Å². The van der Waals surface area contributed by atoms with Gasteiger partial charge in [-0.25, -0.2) is 12.8 Å². The summed E-state index contributed by atoms with van der Waals surface area (Å²) in [5.41, 5.74) is 1.90. The minimum atomic E-state index is -4.39. The molecular formula is C32H31ClFN3O4S. The number of hydrogen-bond donors (Lipinski definition) is 1. The summed E-state index contributed by atoms with van der Waals surface area (Å²) in [4.78, 5) is 28.7. The Kier molecular flexibility index (Phi) is 9.98. The van der Waals surface area contributed by atoms with Gasteiger partial charge < -0.3 is 10.2 Å². The van der Waals surface area contributed by atoms with E-state index in [4.69, 9.17) is 11.6 Å². The highest BCUT2D eigenvalue weighted by Crippen LogP contribution is 2.28. The van der Waals surface area contributed by atoms with Crippen LogP contribution in [0, 0.1) is 12.7 Å². The average Bonchev–Trinajstić information content (AvgIpc) is 2.99. The molecule has 0 saturated heterocycles. The Hall–Kier alpha value is -4.21. The summed E-state index contributed by atoms with van der Waals surface area (Å²) in [7, 11) is -2.93. The van der Waals surface area contributed by atoms with E-state index < -0.39 is 40.2 Å². The van der Waals surface area contributed by atoms with Gasteiger partial charge in [-0.3, -0.25) is 13.9 Å². The van der Waals surface area contributed by atoms with E-state index in [0.717, 1.165) is 21.5 Å². The molecule has 1 atom stereocenters. The number of aryl methyl sites for hydroxylation is 1. The maximum atomic E-state index is 15.1. The third-order valence-electron chi connectivity index (χ3n) is 6.83. The number of nitrogens with zero attached hydrogens (tertiary/aromatic N) is 2. The largest absolute Gasteiger partial charge is 0.357 e. The van der Waals surface area contributed by atoms with Crippen molar-refractivity contribution in [1.29, 1.82) is 0 Å². The molecule has 0 aliphatic heterocycles. The van der Waals surface area contributed by atoms with Crippen LogP contribution in [0.15, 0.2) is 108 Å². The molecule has 0 bridgehead atoms. The molecule has 0 aromatic heterocycles. The van der Waals surface area contributed by atoms with Crippen LogP contribution < -0.4 is 9.62 Å². The van der Waals surface area contributed by atoms with Crippen LogP contribution in [0.25, 0.3) is 0 Å². The standard InChI is InChI=1S/C32H31ClFN3O4S/c1-23-16-18-26(19-17-23)42(40,41)37(29-15-9-8-14-28(29)34)22-31(38)36(21-25-12-6-7-13-27(25)33)30(32(39)35-2)20-24-10-4-3-5-11-24/h3-19,30H,20-22H2,1-2H3,(H,35,39)/t30-/m0/s1. The number of anilines is 1. The molecule has 4 rings (SSSR count). The number of carbonyl (C=O) groups is 2. The quantitative estimate of drug-likeness (QED) is 0.248. The minimum absolute atomic E-state index is 0.0842. The van der Waals surface area contributed by atoms with E-state index in [0.29, 0.717) is 10.6 Å². The molecular weight excluding hydrogens is 577 g/mol. The van der Waals surface area contributed by atoms with Gasteiger partial charge in [0.15, 0.2) is 0 Å². The van der Waals surface area contributed by atoms with Gasteiger partial charge >= 0.3 is 0 Å². The predicted octanol–water partition coefficient (Wildman–Crippen LogP) is 5.37. The molecule has 42 heavy (non-hydrogen) atoms. The highest BCUT2D eigenvalue weighted by molar-refractivity contribution is 7.92. The first-order valence-corrected chi connectivity index (χ1v) is 15.1. The second kappa shape index (κ2) is 13.6. The van der Waals surface area contributed by atoms with Crippen LogP contribution in [0.2, 0.25) is 5.02 Å². The Balaban J connectivity index is 1.80. The van der Waals surface area contributed by atoms with Crippen molar-refractivity contribution in [2.45, 2.75) is 30.8 Å². The zero-order chi connectivity index (χ0) is 30.3. The number of carbonyl (C=O) groups excluding carboxylic acids is 2. The fourth-order valence-electron chi connectivity index (χ4n) is 4.54. The molecule has 0 heterocycles. The van der Waals surface area contributed by atoms with Crippen LogP contribution >= 0.6 is 11.6 Å². The molecule has 7 nitrogen and oxygen atoms in total. The summed E-state index contributed by atoms with van der Waals surface area (Å²) < 4.78 is 43.7. The molecule has 0 aliphatic rings. The van der Waals surface area contributed by atoms with Gasteiger partial charge in [-0.05, 0) is 48.4 Å². The number of nitrogens with one attached hydrogen (secondary N) is 1. The monoisotopic (exact) mass is 607 g/mol. The first kappa shape index (κ1) is 30.7. The smallest absolute Gasteiger partial charge is 0.264 e. The Morgan fingerprint density at radius 1 is 0.881 bits per heavy atom. The van der Waals surface area contributed by atoms with Crippen LogP contribution in [0.5, 0.6) is 0 Å². The normalized spacial score (nSPS) is 11.9. The second-order valence-electron chi connectivity index (χ2n) is 9.71. The van der Waals surface area contributed by atoms with Crippen LogP contribution in [-0.2, 0) is 32.6 Å². The highest BCUT2D eigenvalue weighted by atomic mass is 35.5. The average molecular weight is 608 g/mol. The zero-order valence-corrected chi connectivity index (χ0v) is 24.8. The van der Waals surface area contributed by atoms with E-state index in [1.807, 2.05) is 37.3 Å². The van der Waals surface area contributed by atoms with Crippen molar-refractivity contribution in [3.05, 3.63) is 131 Å². The Morgan fingerprint density at radius 2 is 1.50 bits per heavy atom. The Morgan fingerprint density at radius 3 is 2.14 bits per heavy atom. The maximum absolute atomic E-state index is 15.1. The van der Waals surface area contributed by atoms with Crippen molar-refractivity contribution in [3.8, 4) is 0 Å².